The highest BCUT2D eigenvalue weighted by atomic mass is 16.2. The number of amides is 1. The second-order valence-electron chi connectivity index (χ2n) is 6.65. The lowest BCUT2D eigenvalue weighted by molar-refractivity contribution is -0.141. The molecule has 116 valence electrons. The third-order valence-corrected chi connectivity index (χ3v) is 5.50. The Morgan fingerprint density at radius 3 is 2.81 bits per heavy atom. The fourth-order valence-electron chi connectivity index (χ4n) is 4.15. The van der Waals surface area contributed by atoms with E-state index in [0.717, 1.165) is 25.9 Å². The van der Waals surface area contributed by atoms with Crippen molar-refractivity contribution in [2.75, 3.05) is 13.1 Å². The van der Waals surface area contributed by atoms with Crippen molar-refractivity contribution in [3.63, 3.8) is 0 Å². The molecule has 0 aromatic carbocycles. The standard InChI is InChI=1S/C17H27N3O/c1-12-7-8-16-13(2)20(10-9-19(12)16)17(21)15-6-4-3-5-14(15)11-18/h7-8,13-15H,3-6,9-11,18H2,1-2H3. The molecular formula is C17H27N3O. The molecule has 2 N–H and O–H groups in total. The molecule has 3 unspecified atom stereocenters. The van der Waals surface area contributed by atoms with E-state index in [4.69, 9.17) is 5.73 Å². The topological polar surface area (TPSA) is 51.3 Å². The summed E-state index contributed by atoms with van der Waals surface area (Å²) in [5, 5.41) is 0. The van der Waals surface area contributed by atoms with Crippen LogP contribution in [0.15, 0.2) is 12.1 Å². The second kappa shape index (κ2) is 5.84. The first kappa shape index (κ1) is 14.6. The average Bonchev–Trinajstić information content (AvgIpc) is 2.89. The molecule has 4 heteroatoms. The Morgan fingerprint density at radius 2 is 2.05 bits per heavy atom. The van der Waals surface area contributed by atoms with Gasteiger partial charge in [0.25, 0.3) is 0 Å². The summed E-state index contributed by atoms with van der Waals surface area (Å²) in [6, 6.07) is 4.50. The Morgan fingerprint density at radius 1 is 1.29 bits per heavy atom. The molecule has 4 nitrogen and oxygen atoms in total. The Hall–Kier alpha value is -1.29. The van der Waals surface area contributed by atoms with Gasteiger partial charge in [0, 0.05) is 30.4 Å². The molecule has 1 aliphatic carbocycles. The maximum Gasteiger partial charge on any atom is 0.226 e. The van der Waals surface area contributed by atoms with Crippen molar-refractivity contribution in [1.29, 1.82) is 0 Å². The van der Waals surface area contributed by atoms with Crippen molar-refractivity contribution in [3.05, 3.63) is 23.5 Å². The first-order valence-corrected chi connectivity index (χ1v) is 8.30. The van der Waals surface area contributed by atoms with Crippen molar-refractivity contribution in [1.82, 2.24) is 9.47 Å². The SMILES string of the molecule is Cc1ccc2n1CCN(C(=O)C1CCCCC1CN)C2C. The molecular weight excluding hydrogens is 262 g/mol. The molecule has 1 amide bonds. The van der Waals surface area contributed by atoms with Crippen LogP contribution in [-0.2, 0) is 11.3 Å². The molecule has 1 aliphatic heterocycles. The van der Waals surface area contributed by atoms with Crippen LogP contribution >= 0.6 is 0 Å². The number of fused-ring (bicyclic) bond motifs is 1. The molecule has 2 heterocycles. The fourth-order valence-corrected chi connectivity index (χ4v) is 4.15. The molecule has 2 aliphatic rings. The summed E-state index contributed by atoms with van der Waals surface area (Å²) >= 11 is 0. The van der Waals surface area contributed by atoms with Crippen LogP contribution in [0.1, 0.15) is 50.0 Å². The number of aryl methyl sites for hydroxylation is 1. The zero-order chi connectivity index (χ0) is 15.0. The summed E-state index contributed by atoms with van der Waals surface area (Å²) in [6.07, 6.45) is 4.53. The third-order valence-electron chi connectivity index (χ3n) is 5.50. The van der Waals surface area contributed by atoms with Crippen LogP contribution in [0.2, 0.25) is 0 Å². The molecule has 0 spiro atoms. The molecule has 21 heavy (non-hydrogen) atoms. The number of hydrogen-bond donors (Lipinski definition) is 1. The summed E-state index contributed by atoms with van der Waals surface area (Å²) in [7, 11) is 0. The molecule has 1 aromatic rings. The number of carbonyl (C=O) groups is 1. The lowest BCUT2D eigenvalue weighted by Gasteiger charge is -2.40. The van der Waals surface area contributed by atoms with Crippen LogP contribution in [0.3, 0.4) is 0 Å². The highest BCUT2D eigenvalue weighted by Gasteiger charge is 2.36. The maximum absolute atomic E-state index is 13.0. The summed E-state index contributed by atoms with van der Waals surface area (Å²) in [5.74, 6) is 0.866. The molecule has 1 aromatic heterocycles. The number of rotatable bonds is 2. The van der Waals surface area contributed by atoms with E-state index in [2.05, 4.69) is 35.4 Å². The van der Waals surface area contributed by atoms with Gasteiger partial charge in [-0.1, -0.05) is 12.8 Å². The average molecular weight is 289 g/mol. The number of nitrogens with two attached hydrogens (primary N) is 1. The van der Waals surface area contributed by atoms with Crippen LogP contribution in [0.5, 0.6) is 0 Å². The van der Waals surface area contributed by atoms with Gasteiger partial charge in [0.15, 0.2) is 0 Å². The highest BCUT2D eigenvalue weighted by molar-refractivity contribution is 5.80. The Labute approximate surface area is 127 Å². The quantitative estimate of drug-likeness (QED) is 0.909. The second-order valence-corrected chi connectivity index (χ2v) is 6.65. The molecule has 3 atom stereocenters. The van der Waals surface area contributed by atoms with Gasteiger partial charge in [-0.15, -0.1) is 0 Å². The van der Waals surface area contributed by atoms with Gasteiger partial charge in [0.1, 0.15) is 0 Å². The van der Waals surface area contributed by atoms with Gasteiger partial charge in [-0.3, -0.25) is 4.79 Å². The Kier molecular flexibility index (Phi) is 4.07. The molecule has 3 rings (SSSR count). The van der Waals surface area contributed by atoms with Crippen molar-refractivity contribution in [2.24, 2.45) is 17.6 Å². The zero-order valence-corrected chi connectivity index (χ0v) is 13.2. The van der Waals surface area contributed by atoms with Crippen molar-refractivity contribution >= 4 is 5.91 Å². The monoisotopic (exact) mass is 289 g/mol. The van der Waals surface area contributed by atoms with Gasteiger partial charge in [-0.05, 0) is 51.3 Å². The van der Waals surface area contributed by atoms with E-state index in [0.29, 0.717) is 18.4 Å². The van der Waals surface area contributed by atoms with Crippen molar-refractivity contribution in [2.45, 2.75) is 52.1 Å². The predicted octanol–water partition coefficient (Wildman–Crippen LogP) is 2.46. The molecule has 0 saturated heterocycles. The lowest BCUT2D eigenvalue weighted by Crippen LogP contribution is -2.47. The first-order valence-electron chi connectivity index (χ1n) is 8.30. The van der Waals surface area contributed by atoms with E-state index in [9.17, 15) is 4.79 Å². The van der Waals surface area contributed by atoms with Crippen LogP contribution in [0, 0.1) is 18.8 Å². The van der Waals surface area contributed by atoms with Gasteiger partial charge in [-0.25, -0.2) is 0 Å². The highest BCUT2D eigenvalue weighted by Crippen LogP contribution is 2.35. The Balaban J connectivity index is 1.79. The largest absolute Gasteiger partial charge is 0.345 e. The fraction of sp³-hybridized carbons (Fsp3) is 0.706. The third kappa shape index (κ3) is 2.50. The summed E-state index contributed by atoms with van der Waals surface area (Å²) < 4.78 is 2.34. The van der Waals surface area contributed by atoms with Gasteiger partial charge in [0.05, 0.1) is 6.04 Å². The molecule has 0 bridgehead atoms. The van der Waals surface area contributed by atoms with Crippen molar-refractivity contribution < 1.29 is 4.79 Å². The number of hydrogen-bond acceptors (Lipinski definition) is 2. The van der Waals surface area contributed by atoms with Crippen LogP contribution in [-0.4, -0.2) is 28.5 Å². The van der Waals surface area contributed by atoms with E-state index >= 15 is 0 Å². The van der Waals surface area contributed by atoms with E-state index in [1.165, 1.54) is 24.2 Å². The maximum atomic E-state index is 13.0. The van der Waals surface area contributed by atoms with E-state index in [1.54, 1.807) is 0 Å². The van der Waals surface area contributed by atoms with Crippen LogP contribution in [0.25, 0.3) is 0 Å². The number of nitrogens with zero attached hydrogens (tertiary/aromatic N) is 2. The van der Waals surface area contributed by atoms with Crippen molar-refractivity contribution in [3.8, 4) is 0 Å². The van der Waals surface area contributed by atoms with Crippen LogP contribution in [0.4, 0.5) is 0 Å². The van der Waals surface area contributed by atoms with Gasteiger partial charge in [0.2, 0.25) is 5.91 Å². The van der Waals surface area contributed by atoms with Crippen LogP contribution < -0.4 is 5.73 Å². The number of carbonyl (C=O) groups excluding carboxylic acids is 1. The normalized spacial score (nSPS) is 29.3. The lowest BCUT2D eigenvalue weighted by atomic mass is 9.78. The zero-order valence-electron chi connectivity index (χ0n) is 13.2. The number of aromatic nitrogens is 1. The summed E-state index contributed by atoms with van der Waals surface area (Å²) in [4.78, 5) is 15.1. The molecule has 0 radical (unpaired) electrons. The minimum atomic E-state index is 0.147. The predicted molar refractivity (Wildman–Crippen MR) is 83.8 cm³/mol. The minimum Gasteiger partial charge on any atom is -0.345 e. The first-order chi connectivity index (χ1) is 10.1. The van der Waals surface area contributed by atoms with E-state index < -0.39 is 0 Å². The Bertz CT molecular complexity index is 522. The van der Waals surface area contributed by atoms with Gasteiger partial charge in [-0.2, -0.15) is 0 Å². The molecule has 1 saturated carbocycles. The van der Waals surface area contributed by atoms with E-state index in [1.807, 2.05) is 0 Å². The summed E-state index contributed by atoms with van der Waals surface area (Å²) in [6.45, 7) is 6.69. The minimum absolute atomic E-state index is 0.147. The van der Waals surface area contributed by atoms with Gasteiger partial charge < -0.3 is 15.2 Å². The smallest absolute Gasteiger partial charge is 0.226 e. The van der Waals surface area contributed by atoms with Gasteiger partial charge >= 0.3 is 0 Å². The molecule has 1 fully saturated rings. The van der Waals surface area contributed by atoms with E-state index in [-0.39, 0.29) is 12.0 Å². The summed E-state index contributed by atoms with van der Waals surface area (Å²) in [5.41, 5.74) is 8.46.